The van der Waals surface area contributed by atoms with E-state index in [1.54, 1.807) is 0 Å². The Morgan fingerprint density at radius 2 is 2.10 bits per heavy atom. The maximum absolute atomic E-state index is 13.5. The van der Waals surface area contributed by atoms with E-state index in [1.165, 1.54) is 13.2 Å². The molecule has 0 radical (unpaired) electrons. The van der Waals surface area contributed by atoms with Gasteiger partial charge in [0.05, 0.1) is 11.5 Å². The number of rotatable bonds is 7. The molecule has 5 nitrogen and oxygen atoms in total. The molecule has 0 aliphatic heterocycles. The van der Waals surface area contributed by atoms with Gasteiger partial charge in [0.25, 0.3) is 0 Å². The van der Waals surface area contributed by atoms with Crippen molar-refractivity contribution in [2.24, 2.45) is 11.7 Å². The lowest BCUT2D eigenvalue weighted by Crippen LogP contribution is -2.41. The number of nitrogens with two attached hydrogens (primary N) is 1. The molecular weight excluding hydrogens is 315 g/mol. The van der Waals surface area contributed by atoms with Gasteiger partial charge in [0.15, 0.2) is 0 Å². The highest BCUT2D eigenvalue weighted by Crippen LogP contribution is 2.16. The second kappa shape index (κ2) is 7.26. The number of sulfonamides is 1. The first kappa shape index (κ1) is 18.0. The van der Waals surface area contributed by atoms with E-state index < -0.39 is 21.9 Å². The highest BCUT2D eigenvalue weighted by Gasteiger charge is 2.23. The van der Waals surface area contributed by atoms with Crippen LogP contribution in [0, 0.1) is 11.7 Å². The first-order valence-electron chi connectivity index (χ1n) is 6.29. The van der Waals surface area contributed by atoms with Crippen molar-refractivity contribution in [1.29, 1.82) is 0 Å². The van der Waals surface area contributed by atoms with Crippen molar-refractivity contribution in [1.82, 2.24) is 4.72 Å². The topological polar surface area (TPSA) is 81.4 Å². The average Bonchev–Trinajstić information content (AvgIpc) is 2.37. The van der Waals surface area contributed by atoms with Gasteiger partial charge in [-0.25, -0.2) is 17.5 Å². The maximum Gasteiger partial charge on any atom is 0.240 e. The summed E-state index contributed by atoms with van der Waals surface area (Å²) < 4.78 is 45.7. The number of hydrogen-bond acceptors (Lipinski definition) is 4. The fraction of sp³-hybridized carbons (Fsp3) is 0.462. The molecule has 0 aliphatic carbocycles. The van der Waals surface area contributed by atoms with Crippen LogP contribution in [0.2, 0.25) is 0 Å². The van der Waals surface area contributed by atoms with Crippen LogP contribution in [0.1, 0.15) is 19.4 Å². The van der Waals surface area contributed by atoms with Crippen LogP contribution in [0.25, 0.3) is 0 Å². The maximum atomic E-state index is 13.5. The monoisotopic (exact) mass is 334 g/mol. The van der Waals surface area contributed by atoms with E-state index in [9.17, 15) is 12.8 Å². The third-order valence-corrected chi connectivity index (χ3v) is 4.68. The first-order valence-corrected chi connectivity index (χ1v) is 8.18. The van der Waals surface area contributed by atoms with Crippen molar-refractivity contribution >= 4 is 27.2 Å². The molecule has 0 amide bonds. The molecule has 0 saturated carbocycles. The lowest BCUT2D eigenvalue weighted by molar-refractivity contribution is 0.157. The summed E-state index contributed by atoms with van der Waals surface area (Å²) >= 11 is 4.71. The highest BCUT2D eigenvalue weighted by molar-refractivity contribution is 7.89. The smallest absolute Gasteiger partial charge is 0.240 e. The zero-order valence-corrected chi connectivity index (χ0v) is 13.7. The number of methoxy groups -OCH3 is 1. The molecule has 0 heterocycles. The molecule has 118 valence electrons. The van der Waals surface area contributed by atoms with E-state index in [0.29, 0.717) is 0 Å². The Labute approximate surface area is 129 Å². The van der Waals surface area contributed by atoms with Gasteiger partial charge in [-0.2, -0.15) is 0 Å². The van der Waals surface area contributed by atoms with Crippen LogP contribution in [0.4, 0.5) is 4.39 Å². The number of benzene rings is 1. The number of nitrogens with one attached hydrogen (secondary N) is 1. The standard InChI is InChI=1S/C13H19FN2O3S2/c1-8(2)12(7-19-3)16-21(17,18)9-4-5-11(14)10(6-9)13(15)20/h4-6,8,12,16H,7H2,1-3H3,(H2,15,20). The summed E-state index contributed by atoms with van der Waals surface area (Å²) in [7, 11) is -2.32. The molecule has 8 heteroatoms. The number of thiocarbonyl (C=S) groups is 1. The van der Waals surface area contributed by atoms with Crippen molar-refractivity contribution in [2.75, 3.05) is 13.7 Å². The number of ether oxygens (including phenoxy) is 1. The van der Waals surface area contributed by atoms with E-state index in [1.807, 2.05) is 13.8 Å². The van der Waals surface area contributed by atoms with E-state index >= 15 is 0 Å². The van der Waals surface area contributed by atoms with E-state index in [2.05, 4.69) is 4.72 Å². The Morgan fingerprint density at radius 1 is 1.48 bits per heavy atom. The van der Waals surface area contributed by atoms with E-state index in [4.69, 9.17) is 22.7 Å². The summed E-state index contributed by atoms with van der Waals surface area (Å²) in [5, 5.41) is 0. The van der Waals surface area contributed by atoms with Gasteiger partial charge in [0.2, 0.25) is 10.0 Å². The summed E-state index contributed by atoms with van der Waals surface area (Å²) in [6.45, 7) is 3.98. The highest BCUT2D eigenvalue weighted by atomic mass is 32.2. The van der Waals surface area contributed by atoms with Gasteiger partial charge < -0.3 is 10.5 Å². The zero-order valence-electron chi connectivity index (χ0n) is 12.1. The van der Waals surface area contributed by atoms with Gasteiger partial charge in [-0.15, -0.1) is 0 Å². The lowest BCUT2D eigenvalue weighted by atomic mass is 10.1. The molecule has 1 aromatic rings. The minimum Gasteiger partial charge on any atom is -0.389 e. The van der Waals surface area contributed by atoms with Crippen molar-refractivity contribution in [3.63, 3.8) is 0 Å². The van der Waals surface area contributed by atoms with Gasteiger partial charge in [-0.3, -0.25) is 0 Å². The summed E-state index contributed by atoms with van der Waals surface area (Å²) in [6.07, 6.45) is 0. The van der Waals surface area contributed by atoms with Gasteiger partial charge in [0, 0.05) is 18.7 Å². The molecule has 0 fully saturated rings. The molecule has 0 aliphatic rings. The van der Waals surface area contributed by atoms with Gasteiger partial charge in [-0.05, 0) is 24.1 Å². The van der Waals surface area contributed by atoms with Crippen molar-refractivity contribution in [2.45, 2.75) is 24.8 Å². The quantitative estimate of drug-likeness (QED) is 0.737. The molecule has 0 spiro atoms. The Morgan fingerprint density at radius 3 is 2.57 bits per heavy atom. The largest absolute Gasteiger partial charge is 0.389 e. The molecule has 1 atom stereocenters. The zero-order chi connectivity index (χ0) is 16.2. The minimum absolute atomic E-state index is 0.0372. The predicted molar refractivity (Wildman–Crippen MR) is 83.1 cm³/mol. The van der Waals surface area contributed by atoms with Gasteiger partial charge >= 0.3 is 0 Å². The molecule has 1 rings (SSSR count). The summed E-state index contributed by atoms with van der Waals surface area (Å²) in [6, 6.07) is 2.94. The number of hydrogen-bond donors (Lipinski definition) is 2. The van der Waals surface area contributed by atoms with Gasteiger partial charge in [0.1, 0.15) is 10.8 Å². The molecule has 0 saturated heterocycles. The van der Waals surface area contributed by atoms with Crippen LogP contribution in [-0.4, -0.2) is 33.2 Å². The summed E-state index contributed by atoms with van der Waals surface area (Å²) in [5.74, 6) is -0.617. The molecule has 0 bridgehead atoms. The van der Waals surface area contributed by atoms with Crippen LogP contribution in [-0.2, 0) is 14.8 Å². The Bertz CT molecular complexity index is 618. The van der Waals surface area contributed by atoms with Crippen LogP contribution >= 0.6 is 12.2 Å². The van der Waals surface area contributed by atoms with Crippen LogP contribution in [0.3, 0.4) is 0 Å². The van der Waals surface area contributed by atoms with Crippen LogP contribution in [0.15, 0.2) is 23.1 Å². The molecule has 1 unspecified atom stereocenters. The Hall–Kier alpha value is -1.09. The molecule has 1 aromatic carbocycles. The molecule has 21 heavy (non-hydrogen) atoms. The summed E-state index contributed by atoms with van der Waals surface area (Å²) in [5.41, 5.74) is 5.28. The summed E-state index contributed by atoms with van der Waals surface area (Å²) in [4.78, 5) is -0.282. The van der Waals surface area contributed by atoms with Crippen molar-refractivity contribution in [3.05, 3.63) is 29.6 Å². The SMILES string of the molecule is COCC(NS(=O)(=O)c1ccc(F)c(C(N)=S)c1)C(C)C. The average molecular weight is 334 g/mol. The second-order valence-electron chi connectivity index (χ2n) is 4.93. The fourth-order valence-electron chi connectivity index (χ4n) is 1.67. The lowest BCUT2D eigenvalue weighted by Gasteiger charge is -2.21. The van der Waals surface area contributed by atoms with E-state index in [-0.39, 0.29) is 28.0 Å². The molecule has 3 N–H and O–H groups in total. The first-order chi connectivity index (χ1) is 9.69. The minimum atomic E-state index is -3.81. The van der Waals surface area contributed by atoms with E-state index in [0.717, 1.165) is 12.1 Å². The van der Waals surface area contributed by atoms with Crippen LogP contribution < -0.4 is 10.5 Å². The predicted octanol–water partition coefficient (Wildman–Crippen LogP) is 1.41. The third-order valence-electron chi connectivity index (χ3n) is 2.97. The third kappa shape index (κ3) is 4.70. The van der Waals surface area contributed by atoms with Crippen molar-refractivity contribution < 1.29 is 17.5 Å². The van der Waals surface area contributed by atoms with Crippen LogP contribution in [0.5, 0.6) is 0 Å². The number of halogens is 1. The van der Waals surface area contributed by atoms with Gasteiger partial charge in [-0.1, -0.05) is 26.1 Å². The second-order valence-corrected chi connectivity index (χ2v) is 7.09. The Balaban J connectivity index is 3.13. The van der Waals surface area contributed by atoms with Crippen molar-refractivity contribution in [3.8, 4) is 0 Å². The fourth-order valence-corrected chi connectivity index (χ4v) is 3.22. The molecular formula is C13H19FN2O3S2. The molecule has 0 aromatic heterocycles. The Kier molecular flexibility index (Phi) is 6.21. The normalized spacial score (nSPS) is 13.4.